The number of benzene rings is 2. The van der Waals surface area contributed by atoms with Crippen molar-refractivity contribution < 1.29 is 9.90 Å². The van der Waals surface area contributed by atoms with Gasteiger partial charge in [-0.15, -0.1) is 11.6 Å². The summed E-state index contributed by atoms with van der Waals surface area (Å²) < 4.78 is 0. The van der Waals surface area contributed by atoms with Gasteiger partial charge in [0.2, 0.25) is 0 Å². The summed E-state index contributed by atoms with van der Waals surface area (Å²) in [6.07, 6.45) is 0. The number of alkyl halides is 1. The van der Waals surface area contributed by atoms with Gasteiger partial charge in [-0.25, -0.2) is 0 Å². The molecule has 2 aromatic rings. The van der Waals surface area contributed by atoms with Crippen molar-refractivity contribution in [3.63, 3.8) is 0 Å². The first kappa shape index (κ1) is 13.4. The van der Waals surface area contributed by atoms with Crippen LogP contribution in [0.3, 0.4) is 0 Å². The first-order valence-electron chi connectivity index (χ1n) is 5.86. The minimum absolute atomic E-state index is 0.162. The van der Waals surface area contributed by atoms with Crippen molar-refractivity contribution in [2.24, 2.45) is 0 Å². The van der Waals surface area contributed by atoms with E-state index in [1.165, 1.54) is 6.07 Å². The predicted octanol–water partition coefficient (Wildman–Crippen LogP) is 3.69. The fraction of sp³-hybridized carbons (Fsp3) is 0.133. The third kappa shape index (κ3) is 3.26. The summed E-state index contributed by atoms with van der Waals surface area (Å²) in [4.78, 5) is 12.0. The number of aryl methyl sites for hydroxylation is 1. The second kappa shape index (κ2) is 5.76. The Labute approximate surface area is 116 Å². The van der Waals surface area contributed by atoms with Gasteiger partial charge in [-0.3, -0.25) is 4.79 Å². The van der Waals surface area contributed by atoms with E-state index in [4.69, 9.17) is 11.6 Å². The van der Waals surface area contributed by atoms with Crippen LogP contribution in [-0.4, -0.2) is 11.0 Å². The van der Waals surface area contributed by atoms with Crippen molar-refractivity contribution in [3.05, 3.63) is 59.2 Å². The molecule has 2 aromatic carbocycles. The zero-order chi connectivity index (χ0) is 13.8. The van der Waals surface area contributed by atoms with Crippen molar-refractivity contribution in [3.8, 4) is 5.75 Å². The molecule has 98 valence electrons. The largest absolute Gasteiger partial charge is 0.508 e. The molecule has 0 spiro atoms. The van der Waals surface area contributed by atoms with E-state index in [1.807, 2.05) is 12.1 Å². The minimum Gasteiger partial charge on any atom is -0.508 e. The second-order valence-electron chi connectivity index (χ2n) is 4.29. The third-order valence-electron chi connectivity index (χ3n) is 2.84. The van der Waals surface area contributed by atoms with Gasteiger partial charge in [-0.1, -0.05) is 18.2 Å². The molecule has 0 radical (unpaired) electrons. The fourth-order valence-electron chi connectivity index (χ4n) is 1.64. The fourth-order valence-corrected chi connectivity index (χ4v) is 1.81. The number of rotatable bonds is 3. The highest BCUT2D eigenvalue weighted by Gasteiger charge is 2.07. The zero-order valence-electron chi connectivity index (χ0n) is 10.5. The van der Waals surface area contributed by atoms with E-state index in [2.05, 4.69) is 5.32 Å². The van der Waals surface area contributed by atoms with Gasteiger partial charge in [0, 0.05) is 23.2 Å². The first-order valence-corrected chi connectivity index (χ1v) is 6.39. The number of nitrogens with one attached hydrogen (secondary N) is 1. The van der Waals surface area contributed by atoms with Crippen molar-refractivity contribution in [2.45, 2.75) is 12.8 Å². The van der Waals surface area contributed by atoms with Crippen molar-refractivity contribution in [1.29, 1.82) is 0 Å². The average molecular weight is 276 g/mol. The van der Waals surface area contributed by atoms with Crippen LogP contribution in [0.25, 0.3) is 0 Å². The molecule has 0 bridgehead atoms. The smallest absolute Gasteiger partial charge is 0.255 e. The molecule has 0 aliphatic carbocycles. The molecule has 0 saturated carbocycles. The highest BCUT2D eigenvalue weighted by atomic mass is 35.5. The second-order valence-corrected chi connectivity index (χ2v) is 4.55. The molecule has 0 unspecified atom stereocenters. The number of hydrogen-bond donors (Lipinski definition) is 2. The molecule has 2 rings (SSSR count). The quantitative estimate of drug-likeness (QED) is 0.839. The number of halogens is 1. The van der Waals surface area contributed by atoms with Gasteiger partial charge < -0.3 is 10.4 Å². The third-order valence-corrected chi connectivity index (χ3v) is 3.15. The summed E-state index contributed by atoms with van der Waals surface area (Å²) in [7, 11) is 0. The van der Waals surface area contributed by atoms with E-state index in [0.717, 1.165) is 11.1 Å². The number of hydrogen-bond acceptors (Lipinski definition) is 2. The molecule has 2 N–H and O–H groups in total. The van der Waals surface area contributed by atoms with Crippen LogP contribution in [0.1, 0.15) is 21.5 Å². The van der Waals surface area contributed by atoms with E-state index in [0.29, 0.717) is 17.1 Å². The lowest BCUT2D eigenvalue weighted by Crippen LogP contribution is -2.11. The lowest BCUT2D eigenvalue weighted by Gasteiger charge is -2.07. The highest BCUT2D eigenvalue weighted by molar-refractivity contribution is 6.17. The molecular weight excluding hydrogens is 262 g/mol. The summed E-state index contributed by atoms with van der Waals surface area (Å²) in [5.74, 6) is 0.368. The molecule has 0 saturated heterocycles. The van der Waals surface area contributed by atoms with Crippen molar-refractivity contribution in [1.82, 2.24) is 0 Å². The molecule has 0 heterocycles. The van der Waals surface area contributed by atoms with Crippen molar-refractivity contribution >= 4 is 23.2 Å². The number of carbonyl (C=O) groups is 1. The van der Waals surface area contributed by atoms with Crippen molar-refractivity contribution in [2.75, 3.05) is 5.32 Å². The van der Waals surface area contributed by atoms with Gasteiger partial charge in [0.05, 0.1) is 0 Å². The molecule has 0 aromatic heterocycles. The molecular formula is C15H14ClNO2. The van der Waals surface area contributed by atoms with E-state index in [-0.39, 0.29) is 11.7 Å². The summed E-state index contributed by atoms with van der Waals surface area (Å²) in [6, 6.07) is 12.1. The summed E-state index contributed by atoms with van der Waals surface area (Å²) >= 11 is 5.69. The molecule has 4 heteroatoms. The predicted molar refractivity (Wildman–Crippen MR) is 76.8 cm³/mol. The van der Waals surface area contributed by atoms with Crippen LogP contribution in [-0.2, 0) is 5.88 Å². The number of phenols is 1. The maximum absolute atomic E-state index is 12.0. The molecule has 19 heavy (non-hydrogen) atoms. The number of amides is 1. The number of anilines is 1. The van der Waals surface area contributed by atoms with Gasteiger partial charge >= 0.3 is 0 Å². The topological polar surface area (TPSA) is 49.3 Å². The zero-order valence-corrected chi connectivity index (χ0v) is 11.2. The molecule has 0 aliphatic heterocycles. The Hall–Kier alpha value is -2.00. The lowest BCUT2D eigenvalue weighted by atomic mass is 10.1. The van der Waals surface area contributed by atoms with Crippen LogP contribution in [0.4, 0.5) is 5.69 Å². The van der Waals surface area contributed by atoms with Crippen LogP contribution in [0.15, 0.2) is 42.5 Å². The maximum atomic E-state index is 12.0. The highest BCUT2D eigenvalue weighted by Crippen LogP contribution is 2.21. The summed E-state index contributed by atoms with van der Waals surface area (Å²) in [6.45, 7) is 1.80. The average Bonchev–Trinajstić information content (AvgIpc) is 2.43. The lowest BCUT2D eigenvalue weighted by molar-refractivity contribution is 0.102. The number of phenolic OH excluding ortho intramolecular Hbond substituents is 1. The van der Waals surface area contributed by atoms with Crippen LogP contribution in [0, 0.1) is 6.92 Å². The number of aromatic hydroxyl groups is 1. The summed E-state index contributed by atoms with van der Waals surface area (Å²) in [5, 5.41) is 12.3. The molecule has 1 amide bonds. The van der Waals surface area contributed by atoms with Crippen LogP contribution >= 0.6 is 11.6 Å². The molecule has 0 fully saturated rings. The van der Waals surface area contributed by atoms with Crippen LogP contribution < -0.4 is 5.32 Å². The van der Waals surface area contributed by atoms with Crippen LogP contribution in [0.2, 0.25) is 0 Å². The van der Waals surface area contributed by atoms with E-state index < -0.39 is 0 Å². The number of carbonyl (C=O) groups excluding carboxylic acids is 1. The molecule has 0 atom stereocenters. The van der Waals surface area contributed by atoms with Gasteiger partial charge in [0.15, 0.2) is 0 Å². The van der Waals surface area contributed by atoms with E-state index >= 15 is 0 Å². The normalized spacial score (nSPS) is 10.2. The van der Waals surface area contributed by atoms with Crippen LogP contribution in [0.5, 0.6) is 5.75 Å². The van der Waals surface area contributed by atoms with E-state index in [9.17, 15) is 9.90 Å². The Balaban J connectivity index is 2.13. The van der Waals surface area contributed by atoms with E-state index in [1.54, 1.807) is 31.2 Å². The Kier molecular flexibility index (Phi) is 4.07. The molecule has 0 aliphatic rings. The Morgan fingerprint density at radius 2 is 1.89 bits per heavy atom. The van der Waals surface area contributed by atoms with Gasteiger partial charge in [0.1, 0.15) is 5.75 Å². The standard InChI is InChI=1S/C15H14ClNO2/c1-10-2-7-13(8-14(10)18)17-15(19)12-5-3-11(9-16)4-6-12/h2-8,18H,9H2,1H3,(H,17,19). The van der Waals surface area contributed by atoms with Gasteiger partial charge in [-0.05, 0) is 36.2 Å². The van der Waals surface area contributed by atoms with Gasteiger partial charge in [-0.2, -0.15) is 0 Å². The monoisotopic (exact) mass is 275 g/mol. The SMILES string of the molecule is Cc1ccc(NC(=O)c2ccc(CCl)cc2)cc1O. The Bertz CT molecular complexity index is 594. The molecule has 3 nitrogen and oxygen atoms in total. The first-order chi connectivity index (χ1) is 9.10. The van der Waals surface area contributed by atoms with Gasteiger partial charge in [0.25, 0.3) is 5.91 Å². The summed E-state index contributed by atoms with van der Waals surface area (Å²) in [5.41, 5.74) is 2.85. The minimum atomic E-state index is -0.218. The Morgan fingerprint density at radius 3 is 2.47 bits per heavy atom. The Morgan fingerprint density at radius 1 is 1.21 bits per heavy atom. The maximum Gasteiger partial charge on any atom is 0.255 e.